The molecule has 0 bridgehead atoms. The number of likely N-dealkylation sites (tertiary alicyclic amines) is 1. The van der Waals surface area contributed by atoms with Crippen molar-refractivity contribution in [2.75, 3.05) is 45.8 Å². The Hall–Kier alpha value is -2.59. The van der Waals surface area contributed by atoms with Crippen LogP contribution >= 0.6 is 0 Å². The lowest BCUT2D eigenvalue weighted by Gasteiger charge is -2.23. The predicted octanol–water partition coefficient (Wildman–Crippen LogP) is 2.82. The molecule has 0 N–H and O–H groups in total. The van der Waals surface area contributed by atoms with Gasteiger partial charge in [0.2, 0.25) is 5.91 Å². The maximum atomic E-state index is 13.1. The molecule has 2 amide bonds. The minimum atomic E-state index is -0.214. The number of hydrogen-bond acceptors (Lipinski definition) is 4. The van der Waals surface area contributed by atoms with Crippen LogP contribution in [0.2, 0.25) is 0 Å². The summed E-state index contributed by atoms with van der Waals surface area (Å²) < 4.78 is 2.25. The van der Waals surface area contributed by atoms with Crippen molar-refractivity contribution in [2.24, 2.45) is 5.92 Å². The van der Waals surface area contributed by atoms with Crippen LogP contribution in [0.4, 0.5) is 0 Å². The van der Waals surface area contributed by atoms with Gasteiger partial charge in [-0.2, -0.15) is 5.26 Å². The molecule has 3 rings (SSSR count). The molecule has 0 saturated carbocycles. The Bertz CT molecular complexity index is 902. The quantitative estimate of drug-likeness (QED) is 0.505. The van der Waals surface area contributed by atoms with Crippen molar-refractivity contribution in [3.8, 4) is 6.07 Å². The molecule has 1 aromatic rings. The number of aromatic nitrogens is 1. The Morgan fingerprint density at radius 3 is 2.38 bits per heavy atom. The van der Waals surface area contributed by atoms with Crippen molar-refractivity contribution in [2.45, 2.75) is 53.5 Å². The van der Waals surface area contributed by atoms with E-state index >= 15 is 0 Å². The van der Waals surface area contributed by atoms with Gasteiger partial charge in [0.05, 0.1) is 6.54 Å². The summed E-state index contributed by atoms with van der Waals surface area (Å²) in [6.07, 6.45) is 4.73. The van der Waals surface area contributed by atoms with Crippen molar-refractivity contribution in [3.05, 3.63) is 28.6 Å². The van der Waals surface area contributed by atoms with Gasteiger partial charge in [0, 0.05) is 57.2 Å². The Morgan fingerprint density at radius 2 is 1.72 bits per heavy atom. The standard InChI is InChI=1S/C25H37N5O2/c1-19(2)17-30-20(3)14-22(21(30)4)15-23(16-26)25(32)29-11-7-8-27(12-13-29)18-24(31)28-9-5-6-10-28/h14-15,19H,5-13,17-18H2,1-4H3/b23-15-. The molecular weight excluding hydrogens is 402 g/mol. The van der Waals surface area contributed by atoms with Gasteiger partial charge in [-0.1, -0.05) is 13.8 Å². The molecule has 0 atom stereocenters. The van der Waals surface area contributed by atoms with E-state index in [1.165, 1.54) is 0 Å². The van der Waals surface area contributed by atoms with Crippen LogP contribution in [-0.4, -0.2) is 76.9 Å². The van der Waals surface area contributed by atoms with E-state index in [9.17, 15) is 14.9 Å². The fourth-order valence-electron chi connectivity index (χ4n) is 4.68. The first-order chi connectivity index (χ1) is 15.3. The van der Waals surface area contributed by atoms with Crippen molar-refractivity contribution in [3.63, 3.8) is 0 Å². The lowest BCUT2D eigenvalue weighted by Crippen LogP contribution is -2.41. The Morgan fingerprint density at radius 1 is 1.03 bits per heavy atom. The van der Waals surface area contributed by atoms with E-state index in [1.54, 1.807) is 11.0 Å². The monoisotopic (exact) mass is 439 g/mol. The Kier molecular flexibility index (Phi) is 8.14. The lowest BCUT2D eigenvalue weighted by molar-refractivity contribution is -0.131. The van der Waals surface area contributed by atoms with Crippen LogP contribution in [0.1, 0.15) is 50.1 Å². The maximum absolute atomic E-state index is 13.1. The van der Waals surface area contributed by atoms with E-state index in [2.05, 4.69) is 42.4 Å². The molecule has 3 heterocycles. The summed E-state index contributed by atoms with van der Waals surface area (Å²) in [5.41, 5.74) is 3.33. The normalized spacial score (nSPS) is 18.2. The molecule has 0 radical (unpaired) electrons. The average Bonchev–Trinajstić information content (AvgIpc) is 3.30. The number of nitrogens with zero attached hydrogens (tertiary/aromatic N) is 5. The van der Waals surface area contributed by atoms with Crippen LogP contribution in [-0.2, 0) is 16.1 Å². The Balaban J connectivity index is 1.65. The first kappa shape index (κ1) is 24.1. The summed E-state index contributed by atoms with van der Waals surface area (Å²) in [7, 11) is 0. The van der Waals surface area contributed by atoms with Gasteiger partial charge in [-0.15, -0.1) is 0 Å². The third kappa shape index (κ3) is 5.80. The van der Waals surface area contributed by atoms with Crippen LogP contribution in [0, 0.1) is 31.1 Å². The molecule has 174 valence electrons. The van der Waals surface area contributed by atoms with Crippen LogP contribution in [0.5, 0.6) is 0 Å². The summed E-state index contributed by atoms with van der Waals surface area (Å²) in [6.45, 7) is 14.1. The van der Waals surface area contributed by atoms with Crippen molar-refractivity contribution in [1.82, 2.24) is 19.3 Å². The second-order valence-corrected chi connectivity index (χ2v) is 9.51. The number of hydrogen-bond donors (Lipinski definition) is 0. The van der Waals surface area contributed by atoms with Crippen LogP contribution in [0.25, 0.3) is 6.08 Å². The SMILES string of the molecule is Cc1cc(/C=C(/C#N)C(=O)N2CCCN(CC(=O)N3CCCC3)CC2)c(C)n1CC(C)C. The molecule has 0 aromatic carbocycles. The van der Waals surface area contributed by atoms with E-state index < -0.39 is 0 Å². The van der Waals surface area contributed by atoms with Gasteiger partial charge in [-0.25, -0.2) is 0 Å². The summed E-state index contributed by atoms with van der Waals surface area (Å²) >= 11 is 0. The van der Waals surface area contributed by atoms with Crippen molar-refractivity contribution in [1.29, 1.82) is 5.26 Å². The molecule has 1 aromatic heterocycles. The number of carbonyl (C=O) groups excluding carboxylic acids is 2. The summed E-state index contributed by atoms with van der Waals surface area (Å²) in [5.74, 6) is 0.497. The zero-order chi connectivity index (χ0) is 23.3. The molecule has 2 saturated heterocycles. The second kappa shape index (κ2) is 10.8. The minimum Gasteiger partial charge on any atom is -0.348 e. The van der Waals surface area contributed by atoms with E-state index in [0.29, 0.717) is 32.1 Å². The first-order valence-corrected chi connectivity index (χ1v) is 11.9. The summed E-state index contributed by atoms with van der Waals surface area (Å²) in [6, 6.07) is 4.18. The van der Waals surface area contributed by atoms with Crippen LogP contribution in [0.3, 0.4) is 0 Å². The molecule has 0 spiro atoms. The molecule has 2 aliphatic heterocycles. The van der Waals surface area contributed by atoms with Gasteiger partial charge in [0.1, 0.15) is 11.6 Å². The van der Waals surface area contributed by atoms with Gasteiger partial charge in [0.15, 0.2) is 0 Å². The third-order valence-corrected chi connectivity index (χ3v) is 6.50. The maximum Gasteiger partial charge on any atom is 0.264 e. The van der Waals surface area contributed by atoms with E-state index in [4.69, 9.17) is 0 Å². The van der Waals surface area contributed by atoms with E-state index in [-0.39, 0.29) is 17.4 Å². The minimum absolute atomic E-state index is 0.177. The highest BCUT2D eigenvalue weighted by atomic mass is 16.2. The molecule has 7 nitrogen and oxygen atoms in total. The highest BCUT2D eigenvalue weighted by molar-refractivity contribution is 6.01. The highest BCUT2D eigenvalue weighted by Gasteiger charge is 2.25. The number of nitriles is 1. The highest BCUT2D eigenvalue weighted by Crippen LogP contribution is 2.21. The molecule has 2 aliphatic rings. The number of rotatable bonds is 6. The van der Waals surface area contributed by atoms with Gasteiger partial charge in [-0.05, 0) is 56.7 Å². The zero-order valence-corrected chi connectivity index (χ0v) is 20.1. The number of amides is 2. The van der Waals surface area contributed by atoms with Crippen molar-refractivity contribution >= 4 is 17.9 Å². The fourth-order valence-corrected chi connectivity index (χ4v) is 4.68. The lowest BCUT2D eigenvalue weighted by atomic mass is 10.1. The second-order valence-electron chi connectivity index (χ2n) is 9.51. The molecule has 2 fully saturated rings. The largest absolute Gasteiger partial charge is 0.348 e. The zero-order valence-electron chi connectivity index (χ0n) is 20.1. The van der Waals surface area contributed by atoms with Crippen LogP contribution < -0.4 is 0 Å². The molecule has 0 unspecified atom stereocenters. The smallest absolute Gasteiger partial charge is 0.264 e. The molecule has 0 aliphatic carbocycles. The van der Waals surface area contributed by atoms with Crippen molar-refractivity contribution < 1.29 is 9.59 Å². The number of carbonyl (C=O) groups is 2. The van der Waals surface area contributed by atoms with Gasteiger partial charge in [-0.3, -0.25) is 14.5 Å². The average molecular weight is 440 g/mol. The molecule has 7 heteroatoms. The fraction of sp³-hybridized carbons (Fsp3) is 0.640. The number of aryl methyl sites for hydroxylation is 1. The van der Waals surface area contributed by atoms with E-state index in [1.807, 2.05) is 11.8 Å². The van der Waals surface area contributed by atoms with Gasteiger partial charge >= 0.3 is 0 Å². The molecular formula is C25H37N5O2. The predicted molar refractivity (Wildman–Crippen MR) is 126 cm³/mol. The summed E-state index contributed by atoms with van der Waals surface area (Å²) in [4.78, 5) is 31.5. The van der Waals surface area contributed by atoms with Crippen LogP contribution in [0.15, 0.2) is 11.6 Å². The summed E-state index contributed by atoms with van der Waals surface area (Å²) in [5, 5.41) is 9.73. The third-order valence-electron chi connectivity index (χ3n) is 6.50. The topological polar surface area (TPSA) is 72.6 Å². The first-order valence-electron chi connectivity index (χ1n) is 11.9. The van der Waals surface area contributed by atoms with Gasteiger partial charge in [0.25, 0.3) is 5.91 Å². The Labute approximate surface area is 192 Å². The van der Waals surface area contributed by atoms with Gasteiger partial charge < -0.3 is 14.4 Å². The molecule has 32 heavy (non-hydrogen) atoms. The van der Waals surface area contributed by atoms with E-state index in [0.717, 1.165) is 62.4 Å².